The molecule has 1 amide bonds. The maximum absolute atomic E-state index is 13.0. The van der Waals surface area contributed by atoms with Gasteiger partial charge < -0.3 is 14.5 Å². The Kier molecular flexibility index (Phi) is 5.66. The summed E-state index contributed by atoms with van der Waals surface area (Å²) in [7, 11) is 0. The van der Waals surface area contributed by atoms with Gasteiger partial charge in [-0.2, -0.15) is 0 Å². The van der Waals surface area contributed by atoms with E-state index in [2.05, 4.69) is 4.90 Å². The molecule has 1 heterocycles. The lowest BCUT2D eigenvalue weighted by molar-refractivity contribution is 0.0942. The third kappa shape index (κ3) is 4.35. The van der Waals surface area contributed by atoms with Gasteiger partial charge in [-0.25, -0.2) is 9.18 Å². The molecular weight excluding hydrogens is 366 g/mol. The summed E-state index contributed by atoms with van der Waals surface area (Å²) in [4.78, 5) is 16.0. The van der Waals surface area contributed by atoms with Crippen LogP contribution in [0.5, 0.6) is 0 Å². The summed E-state index contributed by atoms with van der Waals surface area (Å²) in [6, 6.07) is 11.6. The first-order chi connectivity index (χ1) is 12.0. The number of rotatable bonds is 3. The topological polar surface area (TPSA) is 32.8 Å². The van der Waals surface area contributed by atoms with Crippen molar-refractivity contribution in [3.63, 3.8) is 0 Å². The van der Waals surface area contributed by atoms with Gasteiger partial charge in [0, 0.05) is 31.7 Å². The van der Waals surface area contributed by atoms with Crippen LogP contribution in [0.2, 0.25) is 10.0 Å². The van der Waals surface area contributed by atoms with Crippen molar-refractivity contribution in [3.8, 4) is 0 Å². The zero-order chi connectivity index (χ0) is 17.8. The normalized spacial score (nSPS) is 14.5. The molecule has 1 fully saturated rings. The molecule has 0 radical (unpaired) electrons. The number of carbonyl (C=O) groups is 1. The Morgan fingerprint density at radius 1 is 1.04 bits per heavy atom. The van der Waals surface area contributed by atoms with E-state index in [0.717, 1.165) is 5.69 Å². The van der Waals surface area contributed by atoms with Crippen molar-refractivity contribution < 1.29 is 13.9 Å². The molecule has 0 bridgehead atoms. The average Bonchev–Trinajstić information content (AvgIpc) is 2.61. The minimum Gasteiger partial charge on any atom is -0.444 e. The first-order valence-corrected chi connectivity index (χ1v) is 8.65. The number of amides is 1. The lowest BCUT2D eigenvalue weighted by atomic mass is 10.2. The van der Waals surface area contributed by atoms with Crippen molar-refractivity contribution >= 4 is 35.0 Å². The summed E-state index contributed by atoms with van der Waals surface area (Å²) < 4.78 is 18.3. The molecular formula is C18H17Cl2FN2O2. The van der Waals surface area contributed by atoms with Crippen LogP contribution < -0.4 is 4.90 Å². The average molecular weight is 383 g/mol. The zero-order valence-corrected chi connectivity index (χ0v) is 14.9. The molecule has 0 aliphatic carbocycles. The molecule has 4 nitrogen and oxygen atoms in total. The Bertz CT molecular complexity index is 764. The zero-order valence-electron chi connectivity index (χ0n) is 13.4. The maximum Gasteiger partial charge on any atom is 0.410 e. The number of nitrogens with zero attached hydrogens (tertiary/aromatic N) is 2. The summed E-state index contributed by atoms with van der Waals surface area (Å²) in [6.07, 6.45) is -0.404. The molecule has 7 heteroatoms. The first-order valence-electron chi connectivity index (χ1n) is 7.89. The number of anilines is 1. The number of piperazine rings is 1. The molecule has 3 rings (SSSR count). The Morgan fingerprint density at radius 3 is 2.44 bits per heavy atom. The van der Waals surface area contributed by atoms with Crippen molar-refractivity contribution in [3.05, 3.63) is 63.9 Å². The van der Waals surface area contributed by atoms with E-state index in [1.807, 2.05) is 24.3 Å². The number of benzene rings is 2. The Labute approximate surface area is 155 Å². The van der Waals surface area contributed by atoms with Gasteiger partial charge in [-0.05, 0) is 24.3 Å². The summed E-state index contributed by atoms with van der Waals surface area (Å²) in [6.45, 7) is 2.46. The van der Waals surface area contributed by atoms with E-state index in [9.17, 15) is 9.18 Å². The van der Waals surface area contributed by atoms with Crippen molar-refractivity contribution in [2.45, 2.75) is 6.61 Å². The molecule has 1 aliphatic rings. The molecule has 0 unspecified atom stereocenters. The summed E-state index contributed by atoms with van der Waals surface area (Å²) >= 11 is 12.2. The molecule has 132 valence electrons. The van der Waals surface area contributed by atoms with Crippen LogP contribution in [0.4, 0.5) is 14.9 Å². The van der Waals surface area contributed by atoms with Crippen LogP contribution in [0.25, 0.3) is 0 Å². The van der Waals surface area contributed by atoms with Crippen LogP contribution in [0.15, 0.2) is 42.5 Å². The van der Waals surface area contributed by atoms with E-state index >= 15 is 0 Å². The molecule has 2 aromatic carbocycles. The molecule has 0 spiro atoms. The van der Waals surface area contributed by atoms with Gasteiger partial charge in [0.15, 0.2) is 0 Å². The van der Waals surface area contributed by atoms with Gasteiger partial charge in [0.2, 0.25) is 0 Å². The minimum absolute atomic E-state index is 0.0165. The van der Waals surface area contributed by atoms with Gasteiger partial charge in [0.1, 0.15) is 12.4 Å². The van der Waals surface area contributed by atoms with E-state index in [0.29, 0.717) is 36.8 Å². The monoisotopic (exact) mass is 382 g/mol. The molecule has 0 aromatic heterocycles. The molecule has 0 atom stereocenters. The lowest BCUT2D eigenvalue weighted by Crippen LogP contribution is -2.49. The summed E-state index contributed by atoms with van der Waals surface area (Å²) in [5, 5.41) is 0.945. The van der Waals surface area contributed by atoms with Crippen molar-refractivity contribution in [2.24, 2.45) is 0 Å². The Hall–Kier alpha value is -1.98. The van der Waals surface area contributed by atoms with E-state index < -0.39 is 11.9 Å². The molecule has 1 saturated heterocycles. The molecule has 2 aromatic rings. The van der Waals surface area contributed by atoms with Gasteiger partial charge in [-0.3, -0.25) is 0 Å². The fraction of sp³-hybridized carbons (Fsp3) is 0.278. The molecule has 25 heavy (non-hydrogen) atoms. The van der Waals surface area contributed by atoms with Gasteiger partial charge in [-0.15, -0.1) is 0 Å². The van der Waals surface area contributed by atoms with E-state index in [-0.39, 0.29) is 11.6 Å². The van der Waals surface area contributed by atoms with E-state index in [4.69, 9.17) is 27.9 Å². The predicted molar refractivity (Wildman–Crippen MR) is 96.8 cm³/mol. The van der Waals surface area contributed by atoms with Crippen LogP contribution in [0.1, 0.15) is 5.56 Å². The lowest BCUT2D eigenvalue weighted by Gasteiger charge is -2.35. The maximum atomic E-state index is 13.0. The highest BCUT2D eigenvalue weighted by Crippen LogP contribution is 2.26. The summed E-state index contributed by atoms with van der Waals surface area (Å²) in [5.41, 5.74) is 1.54. The number of hydrogen-bond acceptors (Lipinski definition) is 3. The highest BCUT2D eigenvalue weighted by molar-refractivity contribution is 6.33. The van der Waals surface area contributed by atoms with Gasteiger partial charge >= 0.3 is 6.09 Å². The number of carbonyl (C=O) groups excluding carboxylic acids is 1. The SMILES string of the molecule is O=C(OCc1ccc(F)cc1Cl)N1CCN(c2ccccc2Cl)CC1. The number of hydrogen-bond donors (Lipinski definition) is 0. The quantitative estimate of drug-likeness (QED) is 0.777. The van der Waals surface area contributed by atoms with Crippen molar-refractivity contribution in [2.75, 3.05) is 31.1 Å². The fourth-order valence-corrected chi connectivity index (χ4v) is 3.18. The van der Waals surface area contributed by atoms with Gasteiger partial charge in [0.05, 0.1) is 15.7 Å². The Balaban J connectivity index is 1.52. The second kappa shape index (κ2) is 7.93. The van der Waals surface area contributed by atoms with Crippen molar-refractivity contribution in [1.82, 2.24) is 4.90 Å². The van der Waals surface area contributed by atoms with Crippen LogP contribution in [0, 0.1) is 5.82 Å². The fourth-order valence-electron chi connectivity index (χ4n) is 2.71. The largest absolute Gasteiger partial charge is 0.444 e. The Morgan fingerprint density at radius 2 is 1.76 bits per heavy atom. The predicted octanol–water partition coefficient (Wildman–Crippen LogP) is 4.59. The van der Waals surface area contributed by atoms with Crippen LogP contribution in [-0.2, 0) is 11.3 Å². The second-order valence-corrected chi connectivity index (χ2v) is 6.53. The number of halogens is 3. The van der Waals surface area contributed by atoms with Crippen molar-refractivity contribution in [1.29, 1.82) is 0 Å². The van der Waals surface area contributed by atoms with Gasteiger partial charge in [0.25, 0.3) is 0 Å². The third-order valence-corrected chi connectivity index (χ3v) is 4.77. The van der Waals surface area contributed by atoms with E-state index in [1.54, 1.807) is 4.90 Å². The van der Waals surface area contributed by atoms with Crippen LogP contribution in [0.3, 0.4) is 0 Å². The number of para-hydroxylation sites is 1. The minimum atomic E-state index is -0.421. The summed E-state index contributed by atoms with van der Waals surface area (Å²) in [5.74, 6) is -0.421. The van der Waals surface area contributed by atoms with Gasteiger partial charge in [-0.1, -0.05) is 41.4 Å². The molecule has 0 N–H and O–H groups in total. The van der Waals surface area contributed by atoms with Crippen LogP contribution >= 0.6 is 23.2 Å². The smallest absolute Gasteiger partial charge is 0.410 e. The highest BCUT2D eigenvalue weighted by atomic mass is 35.5. The second-order valence-electron chi connectivity index (χ2n) is 5.72. The van der Waals surface area contributed by atoms with E-state index in [1.165, 1.54) is 18.2 Å². The molecule has 1 aliphatic heterocycles. The van der Waals surface area contributed by atoms with Crippen LogP contribution in [-0.4, -0.2) is 37.2 Å². The molecule has 0 saturated carbocycles. The highest BCUT2D eigenvalue weighted by Gasteiger charge is 2.23. The standard InChI is InChI=1S/C18H17Cl2FN2O2/c19-15-3-1-2-4-17(15)22-7-9-23(10-8-22)18(24)25-12-13-5-6-14(21)11-16(13)20/h1-6,11H,7-10,12H2. The third-order valence-electron chi connectivity index (χ3n) is 4.10. The number of ether oxygens (including phenoxy) is 1. The first kappa shape index (κ1) is 17.8.